The average molecular weight is 191 g/mol. The number of rotatable bonds is 2. The number of hydrogen-bond acceptors (Lipinski definition) is 5. The van der Waals surface area contributed by atoms with E-state index in [-0.39, 0.29) is 5.82 Å². The van der Waals surface area contributed by atoms with Gasteiger partial charge in [-0.25, -0.2) is 9.78 Å². The Kier molecular flexibility index (Phi) is 1.90. The van der Waals surface area contributed by atoms with Crippen LogP contribution in [0.4, 0.5) is 0 Å². The van der Waals surface area contributed by atoms with Gasteiger partial charge in [-0.05, 0) is 22.6 Å². The minimum atomic E-state index is -1.19. The number of carbonyl (C=O) groups is 1. The van der Waals surface area contributed by atoms with Gasteiger partial charge in [0.05, 0.1) is 0 Å². The number of carboxylic acids is 1. The molecular formula is C7H5N5O2. The molecule has 0 radical (unpaired) electrons. The van der Waals surface area contributed by atoms with Crippen LogP contribution in [0.2, 0.25) is 0 Å². The highest BCUT2D eigenvalue weighted by atomic mass is 16.4. The van der Waals surface area contributed by atoms with Crippen LogP contribution in [0, 0.1) is 0 Å². The topological polar surface area (TPSA) is 93.8 Å². The van der Waals surface area contributed by atoms with Crippen LogP contribution in [0.25, 0.3) is 5.82 Å². The molecule has 0 aliphatic rings. The van der Waals surface area contributed by atoms with E-state index in [0.717, 1.165) is 4.68 Å². The molecule has 7 heteroatoms. The molecule has 14 heavy (non-hydrogen) atoms. The van der Waals surface area contributed by atoms with Gasteiger partial charge in [0.15, 0.2) is 5.82 Å². The van der Waals surface area contributed by atoms with E-state index < -0.39 is 5.97 Å². The number of aromatic nitrogens is 5. The summed E-state index contributed by atoms with van der Waals surface area (Å²) < 4.78 is 1.06. The standard InChI is InChI=1S/C7H5N5O2/c13-7(14)6-9-10-11-12(6)5-3-1-2-4-8-5/h1-4H,(H,13,14). The highest BCUT2D eigenvalue weighted by molar-refractivity contribution is 5.83. The second-order valence-electron chi connectivity index (χ2n) is 2.41. The van der Waals surface area contributed by atoms with E-state index in [1.54, 1.807) is 18.2 Å². The predicted molar refractivity (Wildman–Crippen MR) is 43.9 cm³/mol. The second kappa shape index (κ2) is 3.21. The van der Waals surface area contributed by atoms with Crippen molar-refractivity contribution in [2.75, 3.05) is 0 Å². The number of hydrogen-bond donors (Lipinski definition) is 1. The van der Waals surface area contributed by atoms with Gasteiger partial charge in [0.1, 0.15) is 0 Å². The van der Waals surface area contributed by atoms with Gasteiger partial charge in [0.2, 0.25) is 0 Å². The Morgan fingerprint density at radius 3 is 2.93 bits per heavy atom. The molecule has 70 valence electrons. The average Bonchev–Trinajstić information content (AvgIpc) is 2.67. The summed E-state index contributed by atoms with van der Waals surface area (Å²) in [5.41, 5.74) is 0. The monoisotopic (exact) mass is 191 g/mol. The van der Waals surface area contributed by atoms with Crippen LogP contribution in [0.5, 0.6) is 0 Å². The molecule has 0 fully saturated rings. The molecule has 0 unspecified atom stereocenters. The molecular weight excluding hydrogens is 186 g/mol. The third-order valence-corrected chi connectivity index (χ3v) is 1.53. The van der Waals surface area contributed by atoms with E-state index in [1.807, 2.05) is 0 Å². The SMILES string of the molecule is O=C(O)c1nnnn1-c1ccccn1. The normalized spacial score (nSPS) is 10.0. The third-order valence-electron chi connectivity index (χ3n) is 1.53. The van der Waals surface area contributed by atoms with E-state index in [1.165, 1.54) is 6.20 Å². The fourth-order valence-electron chi connectivity index (χ4n) is 0.954. The largest absolute Gasteiger partial charge is 0.475 e. The Morgan fingerprint density at radius 1 is 1.43 bits per heavy atom. The van der Waals surface area contributed by atoms with Crippen molar-refractivity contribution in [3.63, 3.8) is 0 Å². The maximum absolute atomic E-state index is 10.7. The van der Waals surface area contributed by atoms with Crippen molar-refractivity contribution in [2.45, 2.75) is 0 Å². The van der Waals surface area contributed by atoms with Crippen molar-refractivity contribution in [1.29, 1.82) is 0 Å². The summed E-state index contributed by atoms with van der Waals surface area (Å²) in [5.74, 6) is -1.08. The number of carboxylic acid groups (broad SMARTS) is 1. The smallest absolute Gasteiger partial charge is 0.376 e. The lowest BCUT2D eigenvalue weighted by molar-refractivity contribution is 0.0680. The molecule has 2 heterocycles. The van der Waals surface area contributed by atoms with Crippen molar-refractivity contribution in [3.8, 4) is 5.82 Å². The molecule has 0 aliphatic carbocycles. The predicted octanol–water partition coefficient (Wildman–Crippen LogP) is -0.245. The Labute approximate surface area is 78.0 Å². The van der Waals surface area contributed by atoms with Crippen LogP contribution in [0.3, 0.4) is 0 Å². The fourth-order valence-corrected chi connectivity index (χ4v) is 0.954. The van der Waals surface area contributed by atoms with Gasteiger partial charge in [0, 0.05) is 6.20 Å². The lowest BCUT2D eigenvalue weighted by Crippen LogP contribution is -2.10. The summed E-state index contributed by atoms with van der Waals surface area (Å²) in [5, 5.41) is 18.9. The van der Waals surface area contributed by atoms with Gasteiger partial charge in [0.25, 0.3) is 5.82 Å². The summed E-state index contributed by atoms with van der Waals surface area (Å²) >= 11 is 0. The Hall–Kier alpha value is -2.31. The molecule has 2 aromatic heterocycles. The fraction of sp³-hybridized carbons (Fsp3) is 0. The van der Waals surface area contributed by atoms with E-state index in [4.69, 9.17) is 5.11 Å². The van der Waals surface area contributed by atoms with Gasteiger partial charge in [-0.3, -0.25) is 0 Å². The molecule has 0 saturated heterocycles. The highest BCUT2D eigenvalue weighted by Gasteiger charge is 2.15. The summed E-state index contributed by atoms with van der Waals surface area (Å²) in [6, 6.07) is 5.05. The van der Waals surface area contributed by atoms with Crippen LogP contribution in [-0.4, -0.2) is 36.3 Å². The van der Waals surface area contributed by atoms with Crippen LogP contribution in [0.1, 0.15) is 10.6 Å². The minimum absolute atomic E-state index is 0.260. The quantitative estimate of drug-likeness (QED) is 0.703. The number of aromatic carboxylic acids is 1. The number of tetrazole rings is 1. The molecule has 0 bridgehead atoms. The molecule has 0 aromatic carbocycles. The van der Waals surface area contributed by atoms with Crippen molar-refractivity contribution >= 4 is 5.97 Å². The van der Waals surface area contributed by atoms with Crippen molar-refractivity contribution in [3.05, 3.63) is 30.2 Å². The zero-order valence-electron chi connectivity index (χ0n) is 6.90. The van der Waals surface area contributed by atoms with E-state index in [9.17, 15) is 4.79 Å². The molecule has 0 amide bonds. The van der Waals surface area contributed by atoms with Gasteiger partial charge < -0.3 is 5.11 Å². The molecule has 0 aliphatic heterocycles. The first kappa shape index (κ1) is 8.30. The van der Waals surface area contributed by atoms with E-state index >= 15 is 0 Å². The summed E-state index contributed by atoms with van der Waals surface area (Å²) in [7, 11) is 0. The first-order chi connectivity index (χ1) is 6.79. The number of nitrogens with zero attached hydrogens (tertiary/aromatic N) is 5. The van der Waals surface area contributed by atoms with Crippen LogP contribution < -0.4 is 0 Å². The lowest BCUT2D eigenvalue weighted by atomic mass is 10.4. The van der Waals surface area contributed by atoms with Gasteiger partial charge in [-0.15, -0.1) is 5.10 Å². The second-order valence-corrected chi connectivity index (χ2v) is 2.41. The Bertz CT molecular complexity index is 452. The minimum Gasteiger partial charge on any atom is -0.475 e. The molecule has 2 aromatic rings. The summed E-state index contributed by atoms with van der Waals surface area (Å²) in [4.78, 5) is 14.6. The molecule has 7 nitrogen and oxygen atoms in total. The van der Waals surface area contributed by atoms with E-state index in [0.29, 0.717) is 5.82 Å². The highest BCUT2D eigenvalue weighted by Crippen LogP contribution is 2.02. The van der Waals surface area contributed by atoms with Gasteiger partial charge >= 0.3 is 5.97 Å². The maximum atomic E-state index is 10.7. The van der Waals surface area contributed by atoms with Crippen molar-refractivity contribution in [2.24, 2.45) is 0 Å². The van der Waals surface area contributed by atoms with Crippen molar-refractivity contribution in [1.82, 2.24) is 25.2 Å². The molecule has 1 N–H and O–H groups in total. The van der Waals surface area contributed by atoms with Crippen molar-refractivity contribution < 1.29 is 9.90 Å². The lowest BCUT2D eigenvalue weighted by Gasteiger charge is -1.98. The molecule has 0 atom stereocenters. The summed E-state index contributed by atoms with van der Waals surface area (Å²) in [6.07, 6.45) is 1.53. The summed E-state index contributed by atoms with van der Waals surface area (Å²) in [6.45, 7) is 0. The van der Waals surface area contributed by atoms with Gasteiger partial charge in [-0.2, -0.15) is 4.68 Å². The Morgan fingerprint density at radius 2 is 2.29 bits per heavy atom. The molecule has 2 rings (SSSR count). The first-order valence-electron chi connectivity index (χ1n) is 3.72. The third kappa shape index (κ3) is 1.30. The molecule has 0 saturated carbocycles. The Balaban J connectivity index is 2.52. The van der Waals surface area contributed by atoms with Crippen LogP contribution >= 0.6 is 0 Å². The van der Waals surface area contributed by atoms with Crippen LogP contribution in [-0.2, 0) is 0 Å². The van der Waals surface area contributed by atoms with Crippen LogP contribution in [0.15, 0.2) is 24.4 Å². The molecule has 0 spiro atoms. The van der Waals surface area contributed by atoms with E-state index in [2.05, 4.69) is 20.5 Å². The zero-order chi connectivity index (χ0) is 9.97. The van der Waals surface area contributed by atoms with Gasteiger partial charge in [-0.1, -0.05) is 6.07 Å². The zero-order valence-corrected chi connectivity index (χ0v) is 6.90. The number of pyridine rings is 1. The maximum Gasteiger partial charge on any atom is 0.376 e. The first-order valence-corrected chi connectivity index (χ1v) is 3.72.